The number of benzene rings is 2. The van der Waals surface area contributed by atoms with Gasteiger partial charge in [0.15, 0.2) is 5.75 Å². The van der Waals surface area contributed by atoms with Crippen molar-refractivity contribution >= 4 is 52.8 Å². The maximum Gasteiger partial charge on any atom is 0.329 e. The van der Waals surface area contributed by atoms with Gasteiger partial charge in [-0.2, -0.15) is 0 Å². The van der Waals surface area contributed by atoms with Crippen LogP contribution < -0.4 is 15.4 Å². The zero-order chi connectivity index (χ0) is 21.1. The van der Waals surface area contributed by atoms with E-state index in [-0.39, 0.29) is 15.7 Å². The number of halogens is 2. The first-order valence-electron chi connectivity index (χ1n) is 8.52. The van der Waals surface area contributed by atoms with E-state index >= 15 is 0 Å². The Labute approximate surface area is 177 Å². The first-order chi connectivity index (χ1) is 13.8. The zero-order valence-corrected chi connectivity index (χ0v) is 17.1. The average Bonchev–Trinajstić information content (AvgIpc) is 2.91. The number of nitrogens with zero attached hydrogens (tertiary/aromatic N) is 1. The number of aryl methyl sites for hydroxylation is 1. The predicted octanol–water partition coefficient (Wildman–Crippen LogP) is 3.84. The monoisotopic (exact) mass is 433 g/mol. The molecule has 0 bridgehead atoms. The Morgan fingerprint density at radius 2 is 1.79 bits per heavy atom. The van der Waals surface area contributed by atoms with Crippen LogP contribution in [0.25, 0.3) is 6.08 Å². The van der Waals surface area contributed by atoms with E-state index in [9.17, 15) is 14.4 Å². The molecule has 0 atom stereocenters. The van der Waals surface area contributed by atoms with Crippen LogP contribution in [-0.2, 0) is 9.59 Å². The molecule has 0 unspecified atom stereocenters. The molecule has 4 amide bonds. The summed E-state index contributed by atoms with van der Waals surface area (Å²) in [5.41, 5.74) is 2.13. The highest BCUT2D eigenvalue weighted by Crippen LogP contribution is 2.34. The van der Waals surface area contributed by atoms with Crippen molar-refractivity contribution in [3.63, 3.8) is 0 Å². The van der Waals surface area contributed by atoms with E-state index in [1.807, 2.05) is 19.1 Å². The van der Waals surface area contributed by atoms with Crippen molar-refractivity contribution in [1.82, 2.24) is 10.2 Å². The molecule has 9 heteroatoms. The van der Waals surface area contributed by atoms with Crippen LogP contribution in [0.2, 0.25) is 10.0 Å². The van der Waals surface area contributed by atoms with E-state index in [4.69, 9.17) is 27.9 Å². The number of anilines is 1. The molecule has 7 nitrogen and oxygen atoms in total. The molecule has 1 fully saturated rings. The number of amides is 4. The van der Waals surface area contributed by atoms with Gasteiger partial charge in [-0.25, -0.2) is 9.69 Å². The predicted molar refractivity (Wildman–Crippen MR) is 111 cm³/mol. The summed E-state index contributed by atoms with van der Waals surface area (Å²) in [7, 11) is 1.44. The summed E-state index contributed by atoms with van der Waals surface area (Å²) in [6.07, 6.45) is 1.43. The summed E-state index contributed by atoms with van der Waals surface area (Å²) < 4.78 is 5.08. The lowest BCUT2D eigenvalue weighted by molar-refractivity contribution is -0.127. The van der Waals surface area contributed by atoms with E-state index in [0.717, 1.165) is 10.5 Å². The fourth-order valence-corrected chi connectivity index (χ4v) is 3.38. The Balaban J connectivity index is 1.73. The minimum absolute atomic E-state index is 0.00966. The van der Waals surface area contributed by atoms with Crippen molar-refractivity contribution in [3.8, 4) is 5.75 Å². The van der Waals surface area contributed by atoms with Gasteiger partial charge in [-0.05, 0) is 42.8 Å². The minimum atomic E-state index is -0.689. The third-order valence-corrected chi connectivity index (χ3v) is 4.70. The molecule has 0 spiro atoms. The first kappa shape index (κ1) is 20.7. The van der Waals surface area contributed by atoms with Crippen LogP contribution in [0.5, 0.6) is 5.75 Å². The number of ether oxygens (including phenoxy) is 1. The van der Waals surface area contributed by atoms with Gasteiger partial charge in [0.25, 0.3) is 5.91 Å². The van der Waals surface area contributed by atoms with E-state index in [0.29, 0.717) is 17.0 Å². The SMILES string of the molecule is COc1c(Cl)cc(/C=C2/NC(=O)N(CC(=O)Nc3ccc(C)cc3)C2=O)cc1Cl. The topological polar surface area (TPSA) is 87.7 Å². The molecule has 0 aromatic heterocycles. The Hall–Kier alpha value is -3.03. The molecule has 150 valence electrons. The van der Waals surface area contributed by atoms with Crippen molar-refractivity contribution in [1.29, 1.82) is 0 Å². The Morgan fingerprint density at radius 3 is 2.38 bits per heavy atom. The summed E-state index contributed by atoms with van der Waals surface area (Å²) in [5, 5.41) is 5.62. The van der Waals surface area contributed by atoms with E-state index in [1.165, 1.54) is 13.2 Å². The molecule has 0 radical (unpaired) electrons. The number of carbonyl (C=O) groups excluding carboxylic acids is 3. The Bertz CT molecular complexity index is 996. The molecule has 0 saturated carbocycles. The number of nitrogens with one attached hydrogen (secondary N) is 2. The zero-order valence-electron chi connectivity index (χ0n) is 15.6. The van der Waals surface area contributed by atoms with Crippen molar-refractivity contribution < 1.29 is 19.1 Å². The van der Waals surface area contributed by atoms with Gasteiger partial charge in [0.1, 0.15) is 12.2 Å². The van der Waals surface area contributed by atoms with Crippen LogP contribution >= 0.6 is 23.2 Å². The second-order valence-corrected chi connectivity index (χ2v) is 7.13. The summed E-state index contributed by atoms with van der Waals surface area (Å²) in [6, 6.07) is 9.57. The fourth-order valence-electron chi connectivity index (χ4n) is 2.72. The van der Waals surface area contributed by atoms with E-state index in [1.54, 1.807) is 24.3 Å². The molecule has 1 aliphatic rings. The third-order valence-electron chi connectivity index (χ3n) is 4.14. The van der Waals surface area contributed by atoms with Gasteiger partial charge in [0.2, 0.25) is 5.91 Å². The smallest absolute Gasteiger partial charge is 0.329 e. The fraction of sp³-hybridized carbons (Fsp3) is 0.150. The molecular weight excluding hydrogens is 417 g/mol. The molecule has 1 heterocycles. The van der Waals surface area contributed by atoms with Crippen LogP contribution in [-0.4, -0.2) is 36.4 Å². The highest BCUT2D eigenvalue weighted by atomic mass is 35.5. The number of imide groups is 1. The normalized spacial score (nSPS) is 14.9. The Morgan fingerprint density at radius 1 is 1.17 bits per heavy atom. The highest BCUT2D eigenvalue weighted by molar-refractivity contribution is 6.37. The number of urea groups is 1. The summed E-state index contributed by atoms with van der Waals surface area (Å²) in [4.78, 5) is 37.7. The molecule has 1 saturated heterocycles. The molecule has 29 heavy (non-hydrogen) atoms. The number of hydrogen-bond donors (Lipinski definition) is 2. The molecule has 2 N–H and O–H groups in total. The second-order valence-electron chi connectivity index (χ2n) is 6.31. The third kappa shape index (κ3) is 4.70. The van der Waals surface area contributed by atoms with Crippen LogP contribution in [0, 0.1) is 6.92 Å². The van der Waals surface area contributed by atoms with Crippen LogP contribution in [0.15, 0.2) is 42.1 Å². The standard InChI is InChI=1S/C20H17Cl2N3O4/c1-11-3-5-13(6-4-11)23-17(26)10-25-19(27)16(24-20(25)28)9-12-7-14(21)18(29-2)15(22)8-12/h3-9H,10H2,1-2H3,(H,23,26)(H,24,28)/b16-9+. The molecule has 1 aliphatic heterocycles. The molecular formula is C20H17Cl2N3O4. The quantitative estimate of drug-likeness (QED) is 0.553. The van der Waals surface area contributed by atoms with Crippen molar-refractivity contribution in [2.24, 2.45) is 0 Å². The van der Waals surface area contributed by atoms with Gasteiger partial charge in [0.05, 0.1) is 17.2 Å². The average molecular weight is 434 g/mol. The van der Waals surface area contributed by atoms with Gasteiger partial charge in [-0.3, -0.25) is 9.59 Å². The van der Waals surface area contributed by atoms with E-state index < -0.39 is 24.4 Å². The molecule has 2 aromatic carbocycles. The van der Waals surface area contributed by atoms with E-state index in [2.05, 4.69) is 10.6 Å². The lowest BCUT2D eigenvalue weighted by Crippen LogP contribution is -2.38. The summed E-state index contributed by atoms with van der Waals surface area (Å²) >= 11 is 12.2. The van der Waals surface area contributed by atoms with Gasteiger partial charge in [-0.1, -0.05) is 40.9 Å². The maximum absolute atomic E-state index is 12.5. The minimum Gasteiger partial charge on any atom is -0.494 e. The molecule has 3 rings (SSSR count). The van der Waals surface area contributed by atoms with Crippen molar-refractivity contribution in [2.75, 3.05) is 19.0 Å². The van der Waals surface area contributed by atoms with Gasteiger partial charge in [0, 0.05) is 5.69 Å². The van der Waals surface area contributed by atoms with Gasteiger partial charge < -0.3 is 15.4 Å². The number of rotatable bonds is 5. The van der Waals surface area contributed by atoms with Crippen LogP contribution in [0.3, 0.4) is 0 Å². The molecule has 0 aliphatic carbocycles. The summed E-state index contributed by atoms with van der Waals surface area (Å²) in [5.74, 6) is -0.807. The highest BCUT2D eigenvalue weighted by Gasteiger charge is 2.35. The Kier molecular flexibility index (Phi) is 6.10. The first-order valence-corrected chi connectivity index (χ1v) is 9.28. The summed E-state index contributed by atoms with van der Waals surface area (Å²) in [6.45, 7) is 1.51. The number of methoxy groups -OCH3 is 1. The van der Waals surface area contributed by atoms with Gasteiger partial charge >= 0.3 is 6.03 Å². The lowest BCUT2D eigenvalue weighted by Gasteiger charge is -2.12. The van der Waals surface area contributed by atoms with Crippen LogP contribution in [0.4, 0.5) is 10.5 Å². The van der Waals surface area contributed by atoms with Crippen LogP contribution in [0.1, 0.15) is 11.1 Å². The number of hydrogen-bond acceptors (Lipinski definition) is 4. The van der Waals surface area contributed by atoms with Crippen molar-refractivity contribution in [3.05, 3.63) is 63.3 Å². The maximum atomic E-state index is 12.5. The largest absolute Gasteiger partial charge is 0.494 e. The second kappa shape index (κ2) is 8.55. The number of carbonyl (C=O) groups is 3. The lowest BCUT2D eigenvalue weighted by atomic mass is 10.2. The van der Waals surface area contributed by atoms with Crippen molar-refractivity contribution in [2.45, 2.75) is 6.92 Å². The molecule has 2 aromatic rings. The van der Waals surface area contributed by atoms with Gasteiger partial charge in [-0.15, -0.1) is 0 Å².